The molecule has 0 unspecified atom stereocenters. The van der Waals surface area contributed by atoms with E-state index in [1.165, 1.54) is 12.1 Å². The molecule has 158 valence electrons. The Labute approximate surface area is 178 Å². The van der Waals surface area contributed by atoms with Crippen molar-refractivity contribution in [1.29, 1.82) is 0 Å². The molecule has 0 aliphatic heterocycles. The molecule has 0 saturated heterocycles. The maximum absolute atomic E-state index is 13.4. The fraction of sp³-hybridized carbons (Fsp3) is 0.304. The molecule has 1 heterocycles. The average molecular weight is 435 g/mol. The molecule has 7 heteroatoms. The summed E-state index contributed by atoms with van der Waals surface area (Å²) in [5, 5.41) is 5.37. The standard InChI is InChI=1S/C23H22ClF3N2O/c1-4-16(9-14(2)30)10-17-5-8-22-20(11-17)15(3)28-29(22)13-18-6-7-19(24)12-21(18)23(25,26)27/h5-8,10-12H,4,9,13H2,1-3H3. The number of hydrogen-bond donors (Lipinski definition) is 0. The van der Waals surface area contributed by atoms with Crippen LogP contribution in [-0.4, -0.2) is 15.6 Å². The van der Waals surface area contributed by atoms with Crippen molar-refractivity contribution in [3.8, 4) is 0 Å². The molecular formula is C23H22ClF3N2O. The fourth-order valence-corrected chi connectivity index (χ4v) is 3.69. The van der Waals surface area contributed by atoms with Gasteiger partial charge in [0.2, 0.25) is 0 Å². The fourth-order valence-electron chi connectivity index (χ4n) is 3.51. The zero-order valence-corrected chi connectivity index (χ0v) is 17.7. The maximum atomic E-state index is 13.4. The molecule has 3 nitrogen and oxygen atoms in total. The molecule has 0 atom stereocenters. The number of aromatic nitrogens is 2. The van der Waals surface area contributed by atoms with E-state index in [1.807, 2.05) is 38.1 Å². The first kappa shape index (κ1) is 22.1. The summed E-state index contributed by atoms with van der Waals surface area (Å²) in [4.78, 5) is 11.4. The molecule has 0 amide bonds. The van der Waals surface area contributed by atoms with Gasteiger partial charge in [-0.3, -0.25) is 9.48 Å². The van der Waals surface area contributed by atoms with Crippen LogP contribution in [0.2, 0.25) is 5.02 Å². The Kier molecular flexibility index (Phi) is 6.36. The van der Waals surface area contributed by atoms with Crippen LogP contribution in [0.15, 0.2) is 42.0 Å². The Bertz CT molecular complexity index is 1130. The Morgan fingerprint density at radius 3 is 2.57 bits per heavy atom. The first-order chi connectivity index (χ1) is 14.1. The largest absolute Gasteiger partial charge is 0.416 e. The minimum atomic E-state index is -4.50. The number of rotatable bonds is 6. The number of fused-ring (bicyclic) bond motifs is 1. The third-order valence-electron chi connectivity index (χ3n) is 4.96. The normalized spacial score (nSPS) is 12.6. The van der Waals surface area contributed by atoms with E-state index in [2.05, 4.69) is 5.10 Å². The predicted molar refractivity (Wildman–Crippen MR) is 114 cm³/mol. The van der Waals surface area contributed by atoms with Crippen molar-refractivity contribution in [1.82, 2.24) is 9.78 Å². The lowest BCUT2D eigenvalue weighted by Gasteiger charge is -2.14. The second kappa shape index (κ2) is 8.64. The third kappa shape index (κ3) is 4.93. The van der Waals surface area contributed by atoms with Crippen LogP contribution in [0.3, 0.4) is 0 Å². The van der Waals surface area contributed by atoms with E-state index in [9.17, 15) is 18.0 Å². The summed E-state index contributed by atoms with van der Waals surface area (Å²) in [5.74, 6) is 0.108. The summed E-state index contributed by atoms with van der Waals surface area (Å²) in [5.41, 5.74) is 2.79. The Morgan fingerprint density at radius 2 is 1.93 bits per heavy atom. The third-order valence-corrected chi connectivity index (χ3v) is 5.19. The molecule has 0 aliphatic carbocycles. The SMILES string of the molecule is CCC(=Cc1ccc2c(c1)c(C)nn2Cc1ccc(Cl)cc1C(F)(F)F)CC(C)=O. The molecule has 1 aromatic heterocycles. The summed E-state index contributed by atoms with van der Waals surface area (Å²) >= 11 is 5.78. The molecule has 0 radical (unpaired) electrons. The van der Waals surface area contributed by atoms with Crippen LogP contribution in [-0.2, 0) is 17.5 Å². The molecule has 0 fully saturated rings. The van der Waals surface area contributed by atoms with E-state index < -0.39 is 11.7 Å². The van der Waals surface area contributed by atoms with Gasteiger partial charge in [0.15, 0.2) is 0 Å². The van der Waals surface area contributed by atoms with E-state index in [0.717, 1.165) is 40.2 Å². The molecule has 0 bridgehead atoms. The van der Waals surface area contributed by atoms with Crippen molar-refractivity contribution >= 4 is 34.4 Å². The number of ketones is 1. The lowest BCUT2D eigenvalue weighted by Crippen LogP contribution is -2.12. The van der Waals surface area contributed by atoms with Crippen LogP contribution in [0.1, 0.15) is 49.1 Å². The molecule has 0 saturated carbocycles. The molecule has 0 aliphatic rings. The van der Waals surface area contributed by atoms with Gasteiger partial charge in [-0.05, 0) is 55.7 Å². The second-order valence-corrected chi connectivity index (χ2v) is 7.79. The minimum absolute atomic E-state index is 0.0178. The van der Waals surface area contributed by atoms with Crippen LogP contribution in [0.5, 0.6) is 0 Å². The van der Waals surface area contributed by atoms with Crippen molar-refractivity contribution in [2.24, 2.45) is 0 Å². The molecular weight excluding hydrogens is 413 g/mol. The van der Waals surface area contributed by atoms with Crippen LogP contribution in [0.25, 0.3) is 17.0 Å². The van der Waals surface area contributed by atoms with Gasteiger partial charge >= 0.3 is 6.18 Å². The van der Waals surface area contributed by atoms with Crippen molar-refractivity contribution < 1.29 is 18.0 Å². The lowest BCUT2D eigenvalue weighted by atomic mass is 10.0. The van der Waals surface area contributed by atoms with Gasteiger partial charge in [-0.25, -0.2) is 0 Å². The summed E-state index contributed by atoms with van der Waals surface area (Å²) in [6.45, 7) is 5.37. The van der Waals surface area contributed by atoms with Gasteiger partial charge in [0.25, 0.3) is 0 Å². The number of hydrogen-bond acceptors (Lipinski definition) is 2. The van der Waals surface area contributed by atoms with Crippen LogP contribution in [0, 0.1) is 6.92 Å². The monoisotopic (exact) mass is 434 g/mol. The smallest absolute Gasteiger partial charge is 0.300 e. The average Bonchev–Trinajstić information content (AvgIpc) is 2.96. The number of carbonyl (C=O) groups excluding carboxylic acids is 1. The van der Waals surface area contributed by atoms with Crippen LogP contribution < -0.4 is 0 Å². The highest BCUT2D eigenvalue weighted by molar-refractivity contribution is 6.30. The summed E-state index contributed by atoms with van der Waals surface area (Å²) < 4.78 is 41.9. The topological polar surface area (TPSA) is 34.9 Å². The summed E-state index contributed by atoms with van der Waals surface area (Å²) in [7, 11) is 0. The van der Waals surface area contributed by atoms with Gasteiger partial charge in [-0.15, -0.1) is 0 Å². The number of carbonyl (C=O) groups is 1. The van der Waals surface area contributed by atoms with Crippen molar-refractivity contribution in [2.75, 3.05) is 0 Å². The maximum Gasteiger partial charge on any atom is 0.416 e. The molecule has 0 spiro atoms. The summed E-state index contributed by atoms with van der Waals surface area (Å²) in [6.07, 6.45) is -1.34. The number of halogens is 4. The highest BCUT2D eigenvalue weighted by Crippen LogP contribution is 2.34. The highest BCUT2D eigenvalue weighted by Gasteiger charge is 2.33. The molecule has 2 aromatic carbocycles. The quantitative estimate of drug-likeness (QED) is 0.425. The van der Waals surface area contributed by atoms with E-state index >= 15 is 0 Å². The Balaban J connectivity index is 2.01. The molecule has 3 rings (SSSR count). The van der Waals surface area contributed by atoms with Gasteiger partial charge in [0.1, 0.15) is 5.78 Å². The number of alkyl halides is 3. The van der Waals surface area contributed by atoms with E-state index in [4.69, 9.17) is 11.6 Å². The van der Waals surface area contributed by atoms with Gasteiger partial charge in [-0.2, -0.15) is 18.3 Å². The summed E-state index contributed by atoms with van der Waals surface area (Å²) in [6, 6.07) is 9.49. The first-order valence-electron chi connectivity index (χ1n) is 9.60. The first-order valence-corrected chi connectivity index (χ1v) is 9.98. The van der Waals surface area contributed by atoms with E-state index in [1.54, 1.807) is 11.6 Å². The number of nitrogens with zero attached hydrogens (tertiary/aromatic N) is 2. The number of Topliss-reactive ketones (excluding diaryl/α,β-unsaturated/α-hetero) is 1. The lowest BCUT2D eigenvalue weighted by molar-refractivity contribution is -0.138. The number of benzene rings is 2. The number of allylic oxidation sites excluding steroid dienone is 1. The van der Waals surface area contributed by atoms with Gasteiger partial charge < -0.3 is 0 Å². The second-order valence-electron chi connectivity index (χ2n) is 7.35. The Morgan fingerprint density at radius 1 is 1.20 bits per heavy atom. The van der Waals surface area contributed by atoms with Crippen LogP contribution in [0.4, 0.5) is 13.2 Å². The van der Waals surface area contributed by atoms with E-state index in [-0.39, 0.29) is 22.9 Å². The minimum Gasteiger partial charge on any atom is -0.300 e. The number of aryl methyl sites for hydroxylation is 1. The van der Waals surface area contributed by atoms with Crippen molar-refractivity contribution in [3.63, 3.8) is 0 Å². The molecule has 30 heavy (non-hydrogen) atoms. The van der Waals surface area contributed by atoms with Crippen molar-refractivity contribution in [2.45, 2.75) is 46.3 Å². The van der Waals surface area contributed by atoms with Gasteiger partial charge in [-0.1, -0.05) is 42.3 Å². The zero-order chi connectivity index (χ0) is 22.1. The van der Waals surface area contributed by atoms with Crippen molar-refractivity contribution in [3.05, 3.63) is 69.4 Å². The molecule has 0 N–H and O–H groups in total. The molecule has 3 aromatic rings. The highest BCUT2D eigenvalue weighted by atomic mass is 35.5. The predicted octanol–water partition coefficient (Wildman–Crippen LogP) is 6.84. The van der Waals surface area contributed by atoms with Gasteiger partial charge in [0.05, 0.1) is 23.3 Å². The van der Waals surface area contributed by atoms with E-state index in [0.29, 0.717) is 6.42 Å². The Hall–Kier alpha value is -2.60. The van der Waals surface area contributed by atoms with Crippen LogP contribution >= 0.6 is 11.6 Å². The van der Waals surface area contributed by atoms with Gasteiger partial charge in [0, 0.05) is 16.8 Å². The zero-order valence-electron chi connectivity index (χ0n) is 17.0.